The van der Waals surface area contributed by atoms with Gasteiger partial charge in [0.1, 0.15) is 11.9 Å². The van der Waals surface area contributed by atoms with Crippen LogP contribution in [0.2, 0.25) is 0 Å². The lowest BCUT2D eigenvalue weighted by atomic mass is 10.2. The van der Waals surface area contributed by atoms with Crippen LogP contribution < -0.4 is 4.90 Å². The molecule has 1 aromatic carbocycles. The van der Waals surface area contributed by atoms with E-state index in [1.807, 2.05) is 45.0 Å². The van der Waals surface area contributed by atoms with Crippen molar-refractivity contribution in [2.24, 2.45) is 5.92 Å². The van der Waals surface area contributed by atoms with Crippen LogP contribution in [0.1, 0.15) is 27.7 Å². The Balaban J connectivity index is 3.06. The smallest absolute Gasteiger partial charge is 0.414 e. The monoisotopic (exact) mass is 389 g/mol. The van der Waals surface area contributed by atoms with E-state index < -0.39 is 11.7 Å². The van der Waals surface area contributed by atoms with Crippen molar-refractivity contribution in [3.8, 4) is 0 Å². The minimum Gasteiger partial charge on any atom is -0.443 e. The molecule has 0 heterocycles. The van der Waals surface area contributed by atoms with Gasteiger partial charge in [0.15, 0.2) is 0 Å². The van der Waals surface area contributed by atoms with Crippen molar-refractivity contribution in [3.05, 3.63) is 27.8 Å². The molecule has 1 aromatic rings. The average Bonchev–Trinajstić information content (AvgIpc) is 2.34. The molecule has 1 rings (SSSR count). The molecule has 0 saturated carbocycles. The summed E-state index contributed by atoms with van der Waals surface area (Å²) >= 11 is 2.17. The Kier molecular flexibility index (Phi) is 5.98. The third kappa shape index (κ3) is 5.11. The summed E-state index contributed by atoms with van der Waals surface area (Å²) in [7, 11) is 0. The zero-order valence-electron chi connectivity index (χ0n) is 12.2. The molecule has 110 valence electrons. The first-order valence-electron chi connectivity index (χ1n) is 6.45. The highest BCUT2D eigenvalue weighted by Gasteiger charge is 2.25. The summed E-state index contributed by atoms with van der Waals surface area (Å²) in [6.07, 6.45) is 0.406. The van der Waals surface area contributed by atoms with E-state index in [0.717, 1.165) is 15.5 Å². The minimum absolute atomic E-state index is 0.251. The number of ether oxygens (including phenoxy) is 1. The van der Waals surface area contributed by atoms with E-state index in [9.17, 15) is 9.59 Å². The maximum absolute atomic E-state index is 12.3. The highest BCUT2D eigenvalue weighted by molar-refractivity contribution is 14.1. The molecule has 1 unspecified atom stereocenters. The summed E-state index contributed by atoms with van der Waals surface area (Å²) in [4.78, 5) is 24.8. The van der Waals surface area contributed by atoms with Gasteiger partial charge in [-0.1, -0.05) is 19.1 Å². The van der Waals surface area contributed by atoms with Crippen LogP contribution in [0.3, 0.4) is 0 Å². The summed E-state index contributed by atoms with van der Waals surface area (Å²) in [6.45, 7) is 7.55. The van der Waals surface area contributed by atoms with Crippen molar-refractivity contribution < 1.29 is 14.3 Å². The Morgan fingerprint density at radius 1 is 1.40 bits per heavy atom. The van der Waals surface area contributed by atoms with Crippen LogP contribution >= 0.6 is 22.6 Å². The molecule has 0 aliphatic carbocycles. The maximum Gasteiger partial charge on any atom is 0.414 e. The van der Waals surface area contributed by atoms with Gasteiger partial charge in [-0.2, -0.15) is 0 Å². The van der Waals surface area contributed by atoms with Gasteiger partial charge in [-0.05, 0) is 55.5 Å². The summed E-state index contributed by atoms with van der Waals surface area (Å²) in [5.41, 5.74) is 0.191. The van der Waals surface area contributed by atoms with Gasteiger partial charge in [-0.15, -0.1) is 0 Å². The van der Waals surface area contributed by atoms with Gasteiger partial charge in [0.05, 0.1) is 5.69 Å². The molecular formula is C15H20INO3. The minimum atomic E-state index is -0.569. The molecule has 1 amide bonds. The number of carbonyl (C=O) groups excluding carboxylic acids is 2. The second kappa shape index (κ2) is 7.06. The van der Waals surface area contributed by atoms with Crippen molar-refractivity contribution in [2.45, 2.75) is 33.3 Å². The number of hydrogen-bond acceptors (Lipinski definition) is 3. The summed E-state index contributed by atoms with van der Waals surface area (Å²) < 4.78 is 6.36. The lowest BCUT2D eigenvalue weighted by molar-refractivity contribution is -0.110. The van der Waals surface area contributed by atoms with Crippen LogP contribution in [0, 0.1) is 9.49 Å². The lowest BCUT2D eigenvalue weighted by Gasteiger charge is -2.29. The van der Waals surface area contributed by atoms with Crippen molar-refractivity contribution in [1.29, 1.82) is 0 Å². The number of carbonyl (C=O) groups is 2. The topological polar surface area (TPSA) is 46.6 Å². The molecule has 0 spiro atoms. The number of anilines is 1. The fourth-order valence-electron chi connectivity index (χ4n) is 1.59. The molecule has 0 N–H and O–H groups in total. The molecule has 0 saturated heterocycles. The normalized spacial score (nSPS) is 12.7. The Morgan fingerprint density at radius 3 is 2.50 bits per heavy atom. The SMILES string of the molecule is CC(C=O)CN(C(=O)OC(C)(C)C)c1ccccc1I. The third-order valence-corrected chi connectivity index (χ3v) is 3.37. The van der Waals surface area contributed by atoms with E-state index >= 15 is 0 Å². The fourth-order valence-corrected chi connectivity index (χ4v) is 2.27. The van der Waals surface area contributed by atoms with E-state index in [1.165, 1.54) is 4.90 Å². The van der Waals surface area contributed by atoms with E-state index in [4.69, 9.17) is 4.74 Å². The van der Waals surface area contributed by atoms with Gasteiger partial charge in [-0.3, -0.25) is 4.90 Å². The van der Waals surface area contributed by atoms with Crippen molar-refractivity contribution in [3.63, 3.8) is 0 Å². The fraction of sp³-hybridized carbons (Fsp3) is 0.467. The quantitative estimate of drug-likeness (QED) is 0.580. The number of amides is 1. The molecule has 5 heteroatoms. The Morgan fingerprint density at radius 2 is 2.00 bits per heavy atom. The maximum atomic E-state index is 12.3. The van der Waals surface area contributed by atoms with E-state index in [-0.39, 0.29) is 5.92 Å². The average molecular weight is 389 g/mol. The second-order valence-corrected chi connectivity index (χ2v) is 6.82. The molecule has 0 fully saturated rings. The van der Waals surface area contributed by atoms with Crippen LogP contribution in [-0.2, 0) is 9.53 Å². The van der Waals surface area contributed by atoms with Crippen molar-refractivity contribution >= 4 is 40.7 Å². The lowest BCUT2D eigenvalue weighted by Crippen LogP contribution is -2.40. The number of nitrogens with zero attached hydrogens (tertiary/aromatic N) is 1. The Labute approximate surface area is 133 Å². The number of benzene rings is 1. The zero-order chi connectivity index (χ0) is 15.3. The predicted octanol–water partition coefficient (Wildman–Crippen LogP) is 3.87. The van der Waals surface area contributed by atoms with Crippen LogP contribution in [0.25, 0.3) is 0 Å². The molecule has 4 nitrogen and oxygen atoms in total. The van der Waals surface area contributed by atoms with E-state index in [1.54, 1.807) is 6.92 Å². The van der Waals surface area contributed by atoms with Crippen LogP contribution in [0.4, 0.5) is 10.5 Å². The van der Waals surface area contributed by atoms with E-state index in [2.05, 4.69) is 22.6 Å². The molecule has 1 atom stereocenters. The molecule has 0 aromatic heterocycles. The summed E-state index contributed by atoms with van der Waals surface area (Å²) in [5, 5.41) is 0. The van der Waals surface area contributed by atoms with Crippen LogP contribution in [-0.4, -0.2) is 24.5 Å². The second-order valence-electron chi connectivity index (χ2n) is 5.66. The Hall–Kier alpha value is -1.11. The summed E-state index contributed by atoms with van der Waals surface area (Å²) in [6, 6.07) is 7.53. The standard InChI is InChI=1S/C15H20INO3/c1-11(10-18)9-17(14(19)20-15(2,3)4)13-8-6-5-7-12(13)16/h5-8,10-11H,9H2,1-4H3. The summed E-state index contributed by atoms with van der Waals surface area (Å²) in [5.74, 6) is -0.251. The van der Waals surface area contributed by atoms with Crippen LogP contribution in [0.5, 0.6) is 0 Å². The number of hydrogen-bond donors (Lipinski definition) is 0. The molecule has 0 aliphatic heterocycles. The first-order chi connectivity index (χ1) is 9.24. The van der Waals surface area contributed by atoms with Crippen molar-refractivity contribution in [2.75, 3.05) is 11.4 Å². The molecule has 20 heavy (non-hydrogen) atoms. The number of aldehydes is 1. The molecule has 0 bridgehead atoms. The predicted molar refractivity (Wildman–Crippen MR) is 88.0 cm³/mol. The zero-order valence-corrected chi connectivity index (χ0v) is 14.4. The van der Waals surface area contributed by atoms with Gasteiger partial charge in [0.25, 0.3) is 0 Å². The van der Waals surface area contributed by atoms with Gasteiger partial charge in [0, 0.05) is 16.0 Å². The van der Waals surface area contributed by atoms with E-state index in [0.29, 0.717) is 6.54 Å². The molecule has 0 aliphatic rings. The number of halogens is 1. The van der Waals surface area contributed by atoms with Crippen LogP contribution in [0.15, 0.2) is 24.3 Å². The number of para-hydroxylation sites is 1. The molecule has 0 radical (unpaired) electrons. The highest BCUT2D eigenvalue weighted by Crippen LogP contribution is 2.25. The number of rotatable bonds is 4. The first-order valence-corrected chi connectivity index (χ1v) is 7.53. The first kappa shape index (κ1) is 16.9. The highest BCUT2D eigenvalue weighted by atomic mass is 127. The van der Waals surface area contributed by atoms with Gasteiger partial charge < -0.3 is 9.53 Å². The van der Waals surface area contributed by atoms with Gasteiger partial charge >= 0.3 is 6.09 Å². The van der Waals surface area contributed by atoms with Gasteiger partial charge in [0.2, 0.25) is 0 Å². The van der Waals surface area contributed by atoms with Gasteiger partial charge in [-0.25, -0.2) is 4.79 Å². The largest absolute Gasteiger partial charge is 0.443 e. The third-order valence-electron chi connectivity index (χ3n) is 2.46. The molecular weight excluding hydrogens is 369 g/mol. The van der Waals surface area contributed by atoms with Crippen molar-refractivity contribution in [1.82, 2.24) is 0 Å². The Bertz CT molecular complexity index is 482.